The maximum absolute atomic E-state index is 12.9. The van der Waals surface area contributed by atoms with Crippen LogP contribution >= 0.6 is 0 Å². The van der Waals surface area contributed by atoms with Crippen molar-refractivity contribution in [1.29, 1.82) is 0 Å². The number of likely N-dealkylation sites (N-methyl/N-ethyl adjacent to an activating group) is 1. The molecule has 30 heavy (non-hydrogen) atoms. The zero-order valence-electron chi connectivity index (χ0n) is 17.3. The van der Waals surface area contributed by atoms with Gasteiger partial charge in [-0.05, 0) is 38.1 Å². The number of carbonyl (C=O) groups excluding carboxylic acids is 2. The molecule has 2 amide bonds. The number of nitrogens with zero attached hydrogens (tertiary/aromatic N) is 5. The van der Waals surface area contributed by atoms with Crippen LogP contribution in [0.1, 0.15) is 29.8 Å². The summed E-state index contributed by atoms with van der Waals surface area (Å²) < 4.78 is 0. The molecule has 2 atom stereocenters. The number of anilines is 1. The van der Waals surface area contributed by atoms with Crippen molar-refractivity contribution in [2.24, 2.45) is 0 Å². The molecule has 0 spiro atoms. The summed E-state index contributed by atoms with van der Waals surface area (Å²) >= 11 is 0. The van der Waals surface area contributed by atoms with Gasteiger partial charge in [-0.1, -0.05) is 0 Å². The second-order valence-electron chi connectivity index (χ2n) is 8.01. The highest BCUT2D eigenvalue weighted by Gasteiger charge is 2.33. The molecule has 0 radical (unpaired) electrons. The summed E-state index contributed by atoms with van der Waals surface area (Å²) in [5.74, 6) is 0.0757. The zero-order chi connectivity index (χ0) is 20.9. The number of likely N-dealkylation sites (tertiary alicyclic amines) is 1. The monoisotopic (exact) mass is 411 g/mol. The van der Waals surface area contributed by atoms with Crippen molar-refractivity contribution in [3.63, 3.8) is 0 Å². The van der Waals surface area contributed by atoms with Crippen molar-refractivity contribution in [2.45, 2.75) is 31.3 Å². The lowest BCUT2D eigenvalue weighted by molar-refractivity contribution is -0.132. The van der Waals surface area contributed by atoms with Gasteiger partial charge < -0.3 is 15.1 Å². The second-order valence-corrected chi connectivity index (χ2v) is 8.01. The maximum atomic E-state index is 12.9. The van der Waals surface area contributed by atoms with E-state index in [9.17, 15) is 9.59 Å². The van der Waals surface area contributed by atoms with Gasteiger partial charge in [-0.2, -0.15) is 5.10 Å². The van der Waals surface area contributed by atoms with Crippen molar-refractivity contribution < 1.29 is 9.59 Å². The lowest BCUT2D eigenvalue weighted by atomic mass is 10.1. The topological polar surface area (TPSA) is 97.5 Å². The fourth-order valence-corrected chi connectivity index (χ4v) is 4.36. The predicted molar refractivity (Wildman–Crippen MR) is 113 cm³/mol. The van der Waals surface area contributed by atoms with Gasteiger partial charge in [-0.15, -0.1) is 0 Å². The number of aromatic amines is 1. The van der Waals surface area contributed by atoms with E-state index in [-0.39, 0.29) is 23.9 Å². The number of H-pyrrole nitrogens is 1. The molecule has 0 bridgehead atoms. The summed E-state index contributed by atoms with van der Waals surface area (Å²) in [7, 11) is 2.05. The predicted octanol–water partition coefficient (Wildman–Crippen LogP) is 0.736. The molecule has 2 aliphatic rings. The van der Waals surface area contributed by atoms with E-state index in [4.69, 9.17) is 0 Å². The quantitative estimate of drug-likeness (QED) is 0.728. The molecule has 2 aromatic rings. The van der Waals surface area contributed by atoms with E-state index in [1.54, 1.807) is 18.5 Å². The standard InChI is InChI=1S/C21H29N7O2/c1-26-16(4-5-17(26)15-23-21(30)19-6-8-24-25-19)13-20(29)28-11-9-27(10-12-28)18-3-2-7-22-14-18/h2-3,6-8,14,16-17H,4-5,9-13,15H2,1H3,(H,23,30)(H,24,25)/t16-,17+/m1/s1. The number of piperazine rings is 1. The van der Waals surface area contributed by atoms with Crippen LogP contribution in [0.3, 0.4) is 0 Å². The van der Waals surface area contributed by atoms with Crippen LogP contribution in [0, 0.1) is 0 Å². The van der Waals surface area contributed by atoms with E-state index in [2.05, 4.69) is 43.4 Å². The van der Waals surface area contributed by atoms with Crippen LogP contribution in [-0.4, -0.2) is 88.7 Å². The molecule has 2 aromatic heterocycles. The molecule has 0 aliphatic carbocycles. The van der Waals surface area contributed by atoms with E-state index >= 15 is 0 Å². The van der Waals surface area contributed by atoms with E-state index in [0.29, 0.717) is 18.7 Å². The van der Waals surface area contributed by atoms with Gasteiger partial charge >= 0.3 is 0 Å². The largest absolute Gasteiger partial charge is 0.367 e. The molecule has 0 unspecified atom stereocenters. The van der Waals surface area contributed by atoms with Gasteiger partial charge in [0, 0.05) is 63.6 Å². The summed E-state index contributed by atoms with van der Waals surface area (Å²) in [5.41, 5.74) is 1.58. The first-order chi connectivity index (χ1) is 14.6. The number of hydrogen-bond donors (Lipinski definition) is 2. The molecule has 9 nitrogen and oxygen atoms in total. The number of hydrogen-bond acceptors (Lipinski definition) is 6. The molecule has 0 saturated carbocycles. The average molecular weight is 412 g/mol. The van der Waals surface area contributed by atoms with Crippen molar-refractivity contribution in [3.05, 3.63) is 42.5 Å². The Morgan fingerprint density at radius 3 is 2.63 bits per heavy atom. The van der Waals surface area contributed by atoms with Crippen molar-refractivity contribution in [2.75, 3.05) is 44.7 Å². The van der Waals surface area contributed by atoms with Gasteiger partial charge in [0.2, 0.25) is 5.91 Å². The van der Waals surface area contributed by atoms with E-state index in [1.807, 2.05) is 17.2 Å². The first-order valence-electron chi connectivity index (χ1n) is 10.5. The molecule has 2 aliphatic heterocycles. The maximum Gasteiger partial charge on any atom is 0.269 e. The summed E-state index contributed by atoms with van der Waals surface area (Å²) in [4.78, 5) is 35.6. The molecule has 4 rings (SSSR count). The van der Waals surface area contributed by atoms with Gasteiger partial charge in [0.25, 0.3) is 5.91 Å². The minimum atomic E-state index is -0.146. The summed E-state index contributed by atoms with van der Waals surface area (Å²) in [6, 6.07) is 6.13. The first-order valence-corrected chi connectivity index (χ1v) is 10.5. The van der Waals surface area contributed by atoms with Crippen molar-refractivity contribution in [1.82, 2.24) is 30.3 Å². The van der Waals surface area contributed by atoms with Crippen LogP contribution in [0.25, 0.3) is 0 Å². The number of aromatic nitrogens is 3. The lowest BCUT2D eigenvalue weighted by Gasteiger charge is -2.37. The molecule has 4 heterocycles. The Morgan fingerprint density at radius 2 is 1.93 bits per heavy atom. The summed E-state index contributed by atoms with van der Waals surface area (Å²) in [6.07, 6.45) is 7.70. The second kappa shape index (κ2) is 9.25. The van der Waals surface area contributed by atoms with Crippen LogP contribution in [0.2, 0.25) is 0 Å². The Balaban J connectivity index is 1.22. The van der Waals surface area contributed by atoms with Crippen LogP contribution in [0.4, 0.5) is 5.69 Å². The zero-order valence-corrected chi connectivity index (χ0v) is 17.3. The SMILES string of the molecule is CN1[C@@H](CC(=O)N2CCN(c3cccnc3)CC2)CC[C@H]1CNC(=O)c1ccn[nH]1. The highest BCUT2D eigenvalue weighted by molar-refractivity contribution is 5.92. The number of nitrogens with one attached hydrogen (secondary N) is 2. The van der Waals surface area contributed by atoms with E-state index in [1.165, 1.54) is 0 Å². The molecule has 9 heteroatoms. The third kappa shape index (κ3) is 4.62. The molecule has 160 valence electrons. The van der Waals surface area contributed by atoms with Crippen LogP contribution < -0.4 is 10.2 Å². The normalized spacial score (nSPS) is 22.3. The van der Waals surface area contributed by atoms with Gasteiger partial charge in [0.15, 0.2) is 0 Å². The Labute approximate surface area is 176 Å². The van der Waals surface area contributed by atoms with Gasteiger partial charge in [0.1, 0.15) is 5.69 Å². The van der Waals surface area contributed by atoms with E-state index in [0.717, 1.165) is 44.7 Å². The Kier molecular flexibility index (Phi) is 6.27. The summed E-state index contributed by atoms with van der Waals surface area (Å²) in [5, 5.41) is 9.44. The third-order valence-corrected chi connectivity index (χ3v) is 6.28. The minimum Gasteiger partial charge on any atom is -0.367 e. The molecule has 0 aromatic carbocycles. The van der Waals surface area contributed by atoms with Crippen molar-refractivity contribution >= 4 is 17.5 Å². The fraction of sp³-hybridized carbons (Fsp3) is 0.524. The lowest BCUT2D eigenvalue weighted by Crippen LogP contribution is -2.50. The Morgan fingerprint density at radius 1 is 1.13 bits per heavy atom. The van der Waals surface area contributed by atoms with Crippen molar-refractivity contribution in [3.8, 4) is 0 Å². The van der Waals surface area contributed by atoms with Crippen LogP contribution in [-0.2, 0) is 4.79 Å². The molecular weight excluding hydrogens is 382 g/mol. The smallest absolute Gasteiger partial charge is 0.269 e. The van der Waals surface area contributed by atoms with Gasteiger partial charge in [0.05, 0.1) is 11.9 Å². The molecule has 2 saturated heterocycles. The van der Waals surface area contributed by atoms with Gasteiger partial charge in [-0.3, -0.25) is 24.6 Å². The molecule has 2 N–H and O–H groups in total. The van der Waals surface area contributed by atoms with Gasteiger partial charge in [-0.25, -0.2) is 0 Å². The number of pyridine rings is 1. The van der Waals surface area contributed by atoms with E-state index < -0.39 is 0 Å². The summed E-state index contributed by atoms with van der Waals surface area (Å²) in [6.45, 7) is 3.73. The third-order valence-electron chi connectivity index (χ3n) is 6.28. The molecule has 2 fully saturated rings. The number of carbonyl (C=O) groups is 2. The highest BCUT2D eigenvalue weighted by atomic mass is 16.2. The fourth-order valence-electron chi connectivity index (χ4n) is 4.36. The number of amides is 2. The first kappa shape index (κ1) is 20.3. The Bertz CT molecular complexity index is 834. The van der Waals surface area contributed by atoms with Crippen LogP contribution in [0.5, 0.6) is 0 Å². The molecular formula is C21H29N7O2. The average Bonchev–Trinajstić information content (AvgIpc) is 3.44. The minimum absolute atomic E-state index is 0.146. The van der Waals surface area contributed by atoms with Crippen LogP contribution in [0.15, 0.2) is 36.8 Å². The Hall–Kier alpha value is -2.94. The highest BCUT2D eigenvalue weighted by Crippen LogP contribution is 2.25. The number of rotatable bonds is 6.